The molecular weight excluding hydrogens is 829 g/mol. The van der Waals surface area contributed by atoms with Gasteiger partial charge in [0.2, 0.25) is 0 Å². The molecule has 0 amide bonds. The van der Waals surface area contributed by atoms with Crippen LogP contribution in [0.1, 0.15) is 201 Å². The second kappa shape index (κ2) is 53.9. The van der Waals surface area contributed by atoms with Crippen molar-refractivity contribution in [2.75, 3.05) is 13.2 Å². The molecule has 67 heavy (non-hydrogen) atoms. The number of carbonyl (C=O) groups excluding carboxylic acids is 3. The fourth-order valence-corrected chi connectivity index (χ4v) is 6.41. The third-order valence-corrected chi connectivity index (χ3v) is 10.3. The Morgan fingerprint density at radius 2 is 0.597 bits per heavy atom. The monoisotopic (exact) mass is 923 g/mol. The highest BCUT2D eigenvalue weighted by molar-refractivity contribution is 5.71. The zero-order chi connectivity index (χ0) is 48.6. The lowest BCUT2D eigenvalue weighted by atomic mass is 10.1. The predicted octanol–water partition coefficient (Wildman–Crippen LogP) is 17.6. The molecule has 1 atom stereocenters. The molecule has 374 valence electrons. The molecule has 0 aromatic heterocycles. The van der Waals surface area contributed by atoms with E-state index in [2.05, 4.69) is 167 Å². The molecule has 0 radical (unpaired) electrons. The van der Waals surface area contributed by atoms with E-state index in [0.717, 1.165) is 122 Å². The Bertz CT molecular complexity index is 1530. The smallest absolute Gasteiger partial charge is 0.306 e. The molecule has 0 fully saturated rings. The molecular formula is C61H94O6. The molecule has 0 rings (SSSR count). The first-order valence-electron chi connectivity index (χ1n) is 26.3. The largest absolute Gasteiger partial charge is 0.462 e. The third kappa shape index (κ3) is 52.1. The average Bonchev–Trinajstić information content (AvgIpc) is 3.33. The molecule has 0 aromatic rings. The Labute approximate surface area is 410 Å². The molecule has 0 aliphatic carbocycles. The van der Waals surface area contributed by atoms with E-state index in [1.165, 1.54) is 25.7 Å². The maximum atomic E-state index is 12.8. The highest BCUT2D eigenvalue weighted by atomic mass is 16.6. The number of allylic oxidation sites excluding steroid dienone is 24. The molecule has 0 unspecified atom stereocenters. The average molecular weight is 923 g/mol. The summed E-state index contributed by atoms with van der Waals surface area (Å²) in [4.78, 5) is 38.0. The second-order valence-corrected chi connectivity index (χ2v) is 16.7. The molecule has 6 heteroatoms. The lowest BCUT2D eigenvalue weighted by molar-refractivity contribution is -0.167. The number of carbonyl (C=O) groups is 3. The number of rotatable bonds is 45. The van der Waals surface area contributed by atoms with Crippen LogP contribution in [-0.4, -0.2) is 37.2 Å². The van der Waals surface area contributed by atoms with E-state index >= 15 is 0 Å². The van der Waals surface area contributed by atoms with Crippen molar-refractivity contribution in [1.29, 1.82) is 0 Å². The van der Waals surface area contributed by atoms with Gasteiger partial charge in [-0.05, 0) is 135 Å². The van der Waals surface area contributed by atoms with Gasteiger partial charge in [-0.2, -0.15) is 0 Å². The molecule has 0 aliphatic heterocycles. The number of hydrogen-bond acceptors (Lipinski definition) is 6. The van der Waals surface area contributed by atoms with E-state index in [-0.39, 0.29) is 38.0 Å². The van der Waals surface area contributed by atoms with Gasteiger partial charge >= 0.3 is 17.9 Å². The van der Waals surface area contributed by atoms with E-state index in [0.29, 0.717) is 19.3 Å². The third-order valence-electron chi connectivity index (χ3n) is 10.3. The molecule has 0 N–H and O–H groups in total. The van der Waals surface area contributed by atoms with Crippen LogP contribution in [0.2, 0.25) is 0 Å². The Morgan fingerprint density at radius 3 is 0.970 bits per heavy atom. The van der Waals surface area contributed by atoms with Crippen LogP contribution in [0.5, 0.6) is 0 Å². The van der Waals surface area contributed by atoms with Crippen LogP contribution >= 0.6 is 0 Å². The van der Waals surface area contributed by atoms with Crippen molar-refractivity contribution in [3.63, 3.8) is 0 Å². The van der Waals surface area contributed by atoms with E-state index in [1.807, 2.05) is 0 Å². The summed E-state index contributed by atoms with van der Waals surface area (Å²) in [5, 5.41) is 0. The summed E-state index contributed by atoms with van der Waals surface area (Å²) >= 11 is 0. The maximum Gasteiger partial charge on any atom is 0.306 e. The van der Waals surface area contributed by atoms with Crippen LogP contribution in [0.4, 0.5) is 0 Å². The first-order chi connectivity index (χ1) is 33.0. The van der Waals surface area contributed by atoms with Gasteiger partial charge in [0.25, 0.3) is 0 Å². The minimum atomic E-state index is -0.840. The number of hydrogen-bond donors (Lipinski definition) is 0. The van der Waals surface area contributed by atoms with Gasteiger partial charge in [0.1, 0.15) is 13.2 Å². The van der Waals surface area contributed by atoms with Crippen molar-refractivity contribution in [2.45, 2.75) is 207 Å². The maximum absolute atomic E-state index is 12.8. The standard InChI is InChI=1S/C61H94O6/c1-4-7-10-13-16-19-22-25-28-30-33-36-39-42-45-48-51-54-60(63)66-57-58(56-65-59(62)53-50-47-44-41-38-35-32-27-24-21-18-15-12-9-6-3)67-61(64)55-52-49-46-43-40-37-34-31-29-26-23-20-17-14-11-8-5-2/h7-8,10-11,16-21,25-29,32-34,36-38,41,43,46,58H,4-6,9,12-15,22-24,30-31,35,39-40,42,44-45,47-57H2,1-3H3/b10-7-,11-8-,19-16-,20-17-,21-18-,28-25-,29-26-,32-27-,36-33-,37-34-,41-38-,46-43-/t58-/m0/s1. The Morgan fingerprint density at radius 1 is 0.313 bits per heavy atom. The zero-order valence-electron chi connectivity index (χ0n) is 42.6. The van der Waals surface area contributed by atoms with E-state index in [1.54, 1.807) is 0 Å². The van der Waals surface area contributed by atoms with E-state index < -0.39 is 12.1 Å². The molecule has 0 spiro atoms. The molecule has 0 aromatic carbocycles. The van der Waals surface area contributed by atoms with Crippen LogP contribution in [0.15, 0.2) is 146 Å². The Hall–Kier alpha value is -4.71. The summed E-state index contributed by atoms with van der Waals surface area (Å²) in [6.45, 7) is 6.25. The lowest BCUT2D eigenvalue weighted by Gasteiger charge is -2.18. The van der Waals surface area contributed by atoms with Crippen molar-refractivity contribution in [2.24, 2.45) is 0 Å². The fourth-order valence-electron chi connectivity index (χ4n) is 6.41. The summed E-state index contributed by atoms with van der Waals surface area (Å²) in [5.41, 5.74) is 0. The van der Waals surface area contributed by atoms with Crippen molar-refractivity contribution in [1.82, 2.24) is 0 Å². The normalized spacial score (nSPS) is 13.3. The Balaban J connectivity index is 4.62. The summed E-state index contributed by atoms with van der Waals surface area (Å²) in [7, 11) is 0. The van der Waals surface area contributed by atoms with Gasteiger partial charge < -0.3 is 14.2 Å². The van der Waals surface area contributed by atoms with Crippen LogP contribution in [-0.2, 0) is 28.6 Å². The SMILES string of the molecule is CC/C=C\C/C=C\C/C=C\C/C=C\C/C=C\CCCC(=O)O[C@@H](COC(=O)CCCC/C=C\C/C=C\C/C=C\CCCCC)COC(=O)CCCCCC/C=C\C/C=C\C/C=C\C/C=C\CC. The van der Waals surface area contributed by atoms with Gasteiger partial charge in [-0.3, -0.25) is 14.4 Å². The highest BCUT2D eigenvalue weighted by Crippen LogP contribution is 2.11. The number of ether oxygens (including phenoxy) is 3. The predicted molar refractivity (Wildman–Crippen MR) is 288 cm³/mol. The number of esters is 3. The lowest BCUT2D eigenvalue weighted by Crippen LogP contribution is -2.30. The summed E-state index contributed by atoms with van der Waals surface area (Å²) in [6, 6.07) is 0. The quantitative estimate of drug-likeness (QED) is 0.0262. The van der Waals surface area contributed by atoms with Gasteiger partial charge in [-0.15, -0.1) is 0 Å². The molecule has 0 bridgehead atoms. The number of unbranched alkanes of at least 4 members (excludes halogenated alkanes) is 10. The van der Waals surface area contributed by atoms with Gasteiger partial charge in [0, 0.05) is 19.3 Å². The van der Waals surface area contributed by atoms with Crippen LogP contribution in [0.3, 0.4) is 0 Å². The van der Waals surface area contributed by atoms with Gasteiger partial charge in [0.05, 0.1) is 0 Å². The highest BCUT2D eigenvalue weighted by Gasteiger charge is 2.19. The minimum Gasteiger partial charge on any atom is -0.462 e. The van der Waals surface area contributed by atoms with E-state index in [9.17, 15) is 14.4 Å². The van der Waals surface area contributed by atoms with Gasteiger partial charge in [-0.1, -0.05) is 192 Å². The molecule has 0 saturated heterocycles. The first kappa shape index (κ1) is 62.3. The topological polar surface area (TPSA) is 78.9 Å². The summed E-state index contributed by atoms with van der Waals surface area (Å²) < 4.78 is 16.7. The van der Waals surface area contributed by atoms with Crippen molar-refractivity contribution < 1.29 is 28.6 Å². The van der Waals surface area contributed by atoms with Crippen LogP contribution in [0, 0.1) is 0 Å². The summed E-state index contributed by atoms with van der Waals surface area (Å²) in [5.74, 6) is -1.06. The molecule has 0 aliphatic rings. The first-order valence-corrected chi connectivity index (χ1v) is 26.3. The van der Waals surface area contributed by atoms with Crippen LogP contribution in [0.25, 0.3) is 0 Å². The molecule has 0 saturated carbocycles. The minimum absolute atomic E-state index is 0.132. The molecule has 0 heterocycles. The van der Waals surface area contributed by atoms with E-state index in [4.69, 9.17) is 14.2 Å². The Kier molecular flexibility index (Phi) is 50.1. The molecule has 6 nitrogen and oxygen atoms in total. The van der Waals surface area contributed by atoms with Crippen molar-refractivity contribution in [3.8, 4) is 0 Å². The van der Waals surface area contributed by atoms with Crippen LogP contribution < -0.4 is 0 Å². The van der Waals surface area contributed by atoms with Gasteiger partial charge in [0.15, 0.2) is 6.10 Å². The zero-order valence-corrected chi connectivity index (χ0v) is 42.6. The fraction of sp³-hybridized carbons (Fsp3) is 0.557. The van der Waals surface area contributed by atoms with Gasteiger partial charge in [-0.25, -0.2) is 0 Å². The summed E-state index contributed by atoms with van der Waals surface area (Å²) in [6.07, 6.45) is 76.9. The van der Waals surface area contributed by atoms with Crippen molar-refractivity contribution >= 4 is 17.9 Å². The van der Waals surface area contributed by atoms with Crippen molar-refractivity contribution in [3.05, 3.63) is 146 Å². The second-order valence-electron chi connectivity index (χ2n) is 16.7.